The summed E-state index contributed by atoms with van der Waals surface area (Å²) < 4.78 is 0. The Morgan fingerprint density at radius 3 is 2.38 bits per heavy atom. The van der Waals surface area contributed by atoms with Gasteiger partial charge in [-0.3, -0.25) is 0 Å². The van der Waals surface area contributed by atoms with Crippen LogP contribution < -0.4 is 4.90 Å². The van der Waals surface area contributed by atoms with Gasteiger partial charge < -0.3 is 14.9 Å². The van der Waals surface area contributed by atoms with Crippen molar-refractivity contribution in [1.29, 1.82) is 5.26 Å². The van der Waals surface area contributed by atoms with Crippen molar-refractivity contribution in [3.8, 4) is 17.2 Å². The van der Waals surface area contributed by atoms with E-state index in [1.54, 1.807) is 6.92 Å². The predicted molar refractivity (Wildman–Crippen MR) is 117 cm³/mol. The number of nitrogens with zero attached hydrogens (tertiary/aromatic N) is 4. The van der Waals surface area contributed by atoms with Crippen LogP contribution in [-0.2, 0) is 0 Å². The molecule has 2 aromatic carbocycles. The minimum absolute atomic E-state index is 0.409. The summed E-state index contributed by atoms with van der Waals surface area (Å²) in [7, 11) is 2.15. The van der Waals surface area contributed by atoms with Gasteiger partial charge in [0.05, 0.1) is 11.6 Å². The summed E-state index contributed by atoms with van der Waals surface area (Å²) in [5.74, 6) is 0. The maximum Gasteiger partial charge on any atom is 0.149 e. The van der Waals surface area contributed by atoms with Crippen LogP contribution in [0.1, 0.15) is 29.8 Å². The SMILES string of the molecule is Cc1cc(C(C)O)c2cc(-c3ccc(N4CCN(C)CC4)cc3)c(C#N)nc2c1. The first-order valence-electron chi connectivity index (χ1n) is 10.0. The molecule has 1 unspecified atom stereocenters. The first-order valence-corrected chi connectivity index (χ1v) is 10.0. The van der Waals surface area contributed by atoms with Gasteiger partial charge in [-0.25, -0.2) is 4.98 Å². The van der Waals surface area contributed by atoms with E-state index in [1.807, 2.05) is 25.1 Å². The van der Waals surface area contributed by atoms with Crippen molar-refractivity contribution in [2.24, 2.45) is 0 Å². The van der Waals surface area contributed by atoms with Gasteiger partial charge in [-0.15, -0.1) is 0 Å². The summed E-state index contributed by atoms with van der Waals surface area (Å²) in [5, 5.41) is 20.8. The third-order valence-electron chi connectivity index (χ3n) is 5.71. The summed E-state index contributed by atoms with van der Waals surface area (Å²) in [5.41, 5.74) is 5.99. The number of piperazine rings is 1. The van der Waals surface area contributed by atoms with Crippen molar-refractivity contribution in [2.45, 2.75) is 20.0 Å². The van der Waals surface area contributed by atoms with E-state index in [4.69, 9.17) is 0 Å². The minimum atomic E-state index is -0.598. The molecule has 148 valence electrons. The number of likely N-dealkylation sites (N-methyl/N-ethyl adjacent to an activating group) is 1. The second-order valence-corrected chi connectivity index (χ2v) is 7.93. The molecule has 4 rings (SSSR count). The van der Waals surface area contributed by atoms with Gasteiger partial charge in [0.25, 0.3) is 0 Å². The summed E-state index contributed by atoms with van der Waals surface area (Å²) in [6.45, 7) is 7.91. The van der Waals surface area contributed by atoms with Gasteiger partial charge in [0.2, 0.25) is 0 Å². The van der Waals surface area contributed by atoms with E-state index in [0.717, 1.165) is 59.3 Å². The van der Waals surface area contributed by atoms with Crippen LogP contribution in [0.5, 0.6) is 0 Å². The Balaban J connectivity index is 1.76. The largest absolute Gasteiger partial charge is 0.389 e. The van der Waals surface area contributed by atoms with E-state index in [2.05, 4.69) is 52.2 Å². The number of nitriles is 1. The second-order valence-electron chi connectivity index (χ2n) is 7.93. The number of rotatable bonds is 3. The average Bonchev–Trinajstić information content (AvgIpc) is 2.73. The molecule has 0 saturated carbocycles. The smallest absolute Gasteiger partial charge is 0.149 e. The average molecular weight is 386 g/mol. The normalized spacial score (nSPS) is 16.0. The molecule has 5 heteroatoms. The summed E-state index contributed by atoms with van der Waals surface area (Å²) in [6.07, 6.45) is -0.598. The molecule has 0 bridgehead atoms. The highest BCUT2D eigenvalue weighted by atomic mass is 16.3. The summed E-state index contributed by atoms with van der Waals surface area (Å²) in [4.78, 5) is 9.34. The Morgan fingerprint density at radius 1 is 1.07 bits per heavy atom. The quantitative estimate of drug-likeness (QED) is 0.740. The number of hydrogen-bond donors (Lipinski definition) is 1. The lowest BCUT2D eigenvalue weighted by atomic mass is 9.96. The summed E-state index contributed by atoms with van der Waals surface area (Å²) >= 11 is 0. The highest BCUT2D eigenvalue weighted by molar-refractivity contribution is 5.89. The van der Waals surface area contributed by atoms with Crippen LogP contribution in [0.4, 0.5) is 5.69 Å². The molecule has 1 atom stereocenters. The van der Waals surface area contributed by atoms with E-state index in [0.29, 0.717) is 5.69 Å². The lowest BCUT2D eigenvalue weighted by Crippen LogP contribution is -2.44. The van der Waals surface area contributed by atoms with Crippen molar-refractivity contribution >= 4 is 16.6 Å². The maximum absolute atomic E-state index is 10.2. The lowest BCUT2D eigenvalue weighted by Gasteiger charge is -2.34. The van der Waals surface area contributed by atoms with Crippen molar-refractivity contribution in [3.05, 3.63) is 59.3 Å². The van der Waals surface area contributed by atoms with Gasteiger partial charge in [0, 0.05) is 42.8 Å². The van der Waals surface area contributed by atoms with Crippen LogP contribution in [0.3, 0.4) is 0 Å². The number of fused-ring (bicyclic) bond motifs is 1. The second kappa shape index (κ2) is 7.82. The van der Waals surface area contributed by atoms with Crippen LogP contribution in [0.15, 0.2) is 42.5 Å². The molecule has 29 heavy (non-hydrogen) atoms. The monoisotopic (exact) mass is 386 g/mol. The van der Waals surface area contributed by atoms with E-state index in [-0.39, 0.29) is 0 Å². The number of aliphatic hydroxyl groups is 1. The number of aryl methyl sites for hydroxylation is 1. The van der Waals surface area contributed by atoms with Crippen LogP contribution in [0.2, 0.25) is 0 Å². The van der Waals surface area contributed by atoms with Gasteiger partial charge >= 0.3 is 0 Å². The number of pyridine rings is 1. The molecule has 3 aromatic rings. The van der Waals surface area contributed by atoms with Crippen molar-refractivity contribution < 1.29 is 5.11 Å². The molecular formula is C24H26N4O. The fourth-order valence-electron chi connectivity index (χ4n) is 4.02. The number of hydrogen-bond acceptors (Lipinski definition) is 5. The topological polar surface area (TPSA) is 63.4 Å². The zero-order valence-electron chi connectivity index (χ0n) is 17.2. The predicted octanol–water partition coefficient (Wildman–Crippen LogP) is 3.89. The fraction of sp³-hybridized carbons (Fsp3) is 0.333. The molecule has 5 nitrogen and oxygen atoms in total. The molecule has 1 aliphatic rings. The van der Waals surface area contributed by atoms with Gasteiger partial charge in [-0.05, 0) is 61.9 Å². The Labute approximate surface area is 171 Å². The molecular weight excluding hydrogens is 360 g/mol. The molecule has 0 aliphatic carbocycles. The Morgan fingerprint density at radius 2 is 1.76 bits per heavy atom. The molecule has 0 spiro atoms. The van der Waals surface area contributed by atoms with Gasteiger partial charge in [-0.2, -0.15) is 5.26 Å². The van der Waals surface area contributed by atoms with Crippen LogP contribution in [0.25, 0.3) is 22.0 Å². The molecule has 2 heterocycles. The zero-order chi connectivity index (χ0) is 20.5. The van der Waals surface area contributed by atoms with E-state index < -0.39 is 6.10 Å². The molecule has 1 aliphatic heterocycles. The van der Waals surface area contributed by atoms with Crippen LogP contribution >= 0.6 is 0 Å². The molecule has 1 saturated heterocycles. The number of aliphatic hydroxyl groups excluding tert-OH is 1. The third-order valence-corrected chi connectivity index (χ3v) is 5.71. The van der Waals surface area contributed by atoms with Crippen molar-refractivity contribution in [1.82, 2.24) is 9.88 Å². The maximum atomic E-state index is 10.2. The lowest BCUT2D eigenvalue weighted by molar-refractivity contribution is 0.201. The van der Waals surface area contributed by atoms with Crippen LogP contribution in [-0.4, -0.2) is 48.2 Å². The van der Waals surface area contributed by atoms with Gasteiger partial charge in [0.15, 0.2) is 0 Å². The van der Waals surface area contributed by atoms with E-state index in [9.17, 15) is 10.4 Å². The Bertz CT molecular complexity index is 1070. The third kappa shape index (κ3) is 3.82. The van der Waals surface area contributed by atoms with Crippen molar-refractivity contribution in [3.63, 3.8) is 0 Å². The number of aromatic nitrogens is 1. The van der Waals surface area contributed by atoms with Gasteiger partial charge in [-0.1, -0.05) is 18.2 Å². The van der Waals surface area contributed by atoms with Gasteiger partial charge in [0.1, 0.15) is 11.8 Å². The molecule has 1 fully saturated rings. The minimum Gasteiger partial charge on any atom is -0.389 e. The number of anilines is 1. The Kier molecular flexibility index (Phi) is 5.23. The zero-order valence-corrected chi connectivity index (χ0v) is 17.2. The molecule has 1 N–H and O–H groups in total. The number of benzene rings is 2. The first-order chi connectivity index (χ1) is 14.0. The van der Waals surface area contributed by atoms with Crippen molar-refractivity contribution in [2.75, 3.05) is 38.1 Å². The fourth-order valence-corrected chi connectivity index (χ4v) is 4.02. The Hall–Kier alpha value is -2.94. The highest BCUT2D eigenvalue weighted by Crippen LogP contribution is 2.32. The summed E-state index contributed by atoms with van der Waals surface area (Å²) in [6, 6.07) is 16.6. The first kappa shape index (κ1) is 19.4. The van der Waals surface area contributed by atoms with E-state index in [1.165, 1.54) is 5.69 Å². The standard InChI is InChI=1S/C24H26N4O/c1-16-12-20(17(2)29)22-14-21(24(15-25)26-23(22)13-16)18-4-6-19(7-5-18)28-10-8-27(3)9-11-28/h4-7,12-14,17,29H,8-11H2,1-3H3. The highest BCUT2D eigenvalue weighted by Gasteiger charge is 2.16. The molecule has 0 amide bonds. The molecule has 0 radical (unpaired) electrons. The van der Waals surface area contributed by atoms with Crippen LogP contribution in [0, 0.1) is 18.3 Å². The molecule has 1 aromatic heterocycles. The van der Waals surface area contributed by atoms with E-state index >= 15 is 0 Å².